The Labute approximate surface area is 160 Å². The summed E-state index contributed by atoms with van der Waals surface area (Å²) in [7, 11) is 0. The molecule has 1 amide bonds. The summed E-state index contributed by atoms with van der Waals surface area (Å²) in [6, 6.07) is 13.8. The van der Waals surface area contributed by atoms with E-state index in [-0.39, 0.29) is 18.3 Å². The first-order valence-electron chi connectivity index (χ1n) is 7.99. The van der Waals surface area contributed by atoms with Gasteiger partial charge in [0.2, 0.25) is 0 Å². The fourth-order valence-electron chi connectivity index (χ4n) is 2.23. The Bertz CT molecular complexity index is 863. The molecule has 0 saturated heterocycles. The predicted molar refractivity (Wildman–Crippen MR) is 103 cm³/mol. The monoisotopic (exact) mass is 388 g/mol. The molecule has 0 aliphatic heterocycles. The lowest BCUT2D eigenvalue weighted by molar-refractivity contribution is -0.123. The van der Waals surface area contributed by atoms with E-state index in [1.165, 1.54) is 0 Å². The Hall–Kier alpha value is -2.57. The number of nitrogens with zero attached hydrogens (tertiary/aromatic N) is 1. The van der Waals surface area contributed by atoms with Crippen molar-refractivity contribution in [3.63, 3.8) is 0 Å². The average molecular weight is 389 g/mol. The first-order valence-corrected chi connectivity index (χ1v) is 9.25. The van der Waals surface area contributed by atoms with Crippen LogP contribution < -0.4 is 10.1 Å². The number of carbonyl (C=O) groups excluding carboxylic acids is 1. The molecule has 0 atom stereocenters. The molecule has 134 valence electrons. The summed E-state index contributed by atoms with van der Waals surface area (Å²) in [6.45, 7) is 0.448. The fraction of sp³-hybridized carbons (Fsp3) is 0.158. The van der Waals surface area contributed by atoms with E-state index >= 15 is 0 Å². The first kappa shape index (κ1) is 18.2. The number of amides is 1. The van der Waals surface area contributed by atoms with Gasteiger partial charge in [-0.2, -0.15) is 0 Å². The van der Waals surface area contributed by atoms with Crippen LogP contribution in [0.4, 0.5) is 0 Å². The van der Waals surface area contributed by atoms with Crippen LogP contribution in [0.1, 0.15) is 5.01 Å². The third kappa shape index (κ3) is 5.21. The van der Waals surface area contributed by atoms with E-state index in [9.17, 15) is 9.90 Å². The molecular formula is C19H17ClN2O3S. The zero-order valence-corrected chi connectivity index (χ0v) is 15.4. The highest BCUT2D eigenvalue weighted by Gasteiger charge is 2.07. The topological polar surface area (TPSA) is 71.5 Å². The van der Waals surface area contributed by atoms with Crippen LogP contribution in [0.2, 0.25) is 5.02 Å². The van der Waals surface area contributed by atoms with Crippen molar-refractivity contribution in [1.82, 2.24) is 10.3 Å². The minimum Gasteiger partial charge on any atom is -0.508 e. The van der Waals surface area contributed by atoms with Gasteiger partial charge in [-0.3, -0.25) is 4.79 Å². The molecule has 2 N–H and O–H groups in total. The number of carbonyl (C=O) groups is 1. The Kier molecular flexibility index (Phi) is 6.09. The van der Waals surface area contributed by atoms with Gasteiger partial charge in [-0.1, -0.05) is 11.6 Å². The third-order valence-corrected chi connectivity index (χ3v) is 4.72. The highest BCUT2D eigenvalue weighted by atomic mass is 35.5. The molecule has 0 radical (unpaired) electrons. The van der Waals surface area contributed by atoms with Crippen LogP contribution in [0.25, 0.3) is 11.3 Å². The number of aromatic hydroxyl groups is 1. The molecule has 0 bridgehead atoms. The number of hydrogen-bond acceptors (Lipinski definition) is 5. The number of rotatable bonds is 7. The Balaban J connectivity index is 1.42. The summed E-state index contributed by atoms with van der Waals surface area (Å²) < 4.78 is 5.39. The zero-order chi connectivity index (χ0) is 18.4. The molecular weight excluding hydrogens is 372 g/mol. The molecule has 26 heavy (non-hydrogen) atoms. The highest BCUT2D eigenvalue weighted by Crippen LogP contribution is 2.23. The van der Waals surface area contributed by atoms with Gasteiger partial charge in [0.15, 0.2) is 6.61 Å². The largest absolute Gasteiger partial charge is 0.508 e. The van der Waals surface area contributed by atoms with Crippen LogP contribution in [0.5, 0.6) is 11.5 Å². The molecule has 0 saturated carbocycles. The molecule has 1 heterocycles. The number of phenols is 1. The minimum absolute atomic E-state index is 0.0434. The molecule has 7 heteroatoms. The summed E-state index contributed by atoms with van der Waals surface area (Å²) in [5.41, 5.74) is 1.81. The molecule has 1 aromatic heterocycles. The number of aromatic nitrogens is 1. The van der Waals surface area contributed by atoms with Crippen molar-refractivity contribution >= 4 is 28.8 Å². The quantitative estimate of drug-likeness (QED) is 0.643. The number of halogens is 1. The van der Waals surface area contributed by atoms with E-state index in [2.05, 4.69) is 10.3 Å². The maximum Gasteiger partial charge on any atom is 0.257 e. The van der Waals surface area contributed by atoms with E-state index in [0.29, 0.717) is 23.7 Å². The van der Waals surface area contributed by atoms with Crippen LogP contribution >= 0.6 is 22.9 Å². The van der Waals surface area contributed by atoms with Crippen LogP contribution in [-0.2, 0) is 11.2 Å². The minimum atomic E-state index is -0.185. The van der Waals surface area contributed by atoms with Gasteiger partial charge < -0.3 is 15.2 Å². The normalized spacial score (nSPS) is 10.5. The Morgan fingerprint density at radius 2 is 1.88 bits per heavy atom. The summed E-state index contributed by atoms with van der Waals surface area (Å²) >= 11 is 7.34. The van der Waals surface area contributed by atoms with Crippen LogP contribution in [0.3, 0.4) is 0 Å². The molecule has 0 fully saturated rings. The van der Waals surface area contributed by atoms with Gasteiger partial charge in [-0.05, 0) is 48.5 Å². The lowest BCUT2D eigenvalue weighted by atomic mass is 10.2. The van der Waals surface area contributed by atoms with Crippen LogP contribution in [0, 0.1) is 0 Å². The summed E-state index contributed by atoms with van der Waals surface area (Å²) in [5.74, 6) is 0.644. The number of phenolic OH excluding ortho intramolecular Hbond substituents is 1. The lowest BCUT2D eigenvalue weighted by Gasteiger charge is -2.07. The summed E-state index contributed by atoms with van der Waals surface area (Å²) in [6.07, 6.45) is 0.648. The van der Waals surface area contributed by atoms with Gasteiger partial charge in [-0.25, -0.2) is 4.98 Å². The third-order valence-electron chi connectivity index (χ3n) is 3.56. The second kappa shape index (κ2) is 8.69. The average Bonchev–Trinajstić information content (AvgIpc) is 3.11. The summed E-state index contributed by atoms with van der Waals surface area (Å²) in [5, 5.41) is 15.7. The molecule has 0 unspecified atom stereocenters. The molecule has 0 aliphatic carbocycles. The van der Waals surface area contributed by atoms with Crippen molar-refractivity contribution in [2.24, 2.45) is 0 Å². The van der Waals surface area contributed by atoms with Crippen molar-refractivity contribution in [1.29, 1.82) is 0 Å². The lowest BCUT2D eigenvalue weighted by Crippen LogP contribution is -2.30. The smallest absolute Gasteiger partial charge is 0.257 e. The number of ether oxygens (including phenoxy) is 1. The van der Waals surface area contributed by atoms with Crippen molar-refractivity contribution in [2.45, 2.75) is 6.42 Å². The second-order valence-electron chi connectivity index (χ2n) is 5.52. The van der Waals surface area contributed by atoms with Crippen molar-refractivity contribution < 1.29 is 14.6 Å². The van der Waals surface area contributed by atoms with E-state index in [0.717, 1.165) is 16.3 Å². The number of hydrogen-bond donors (Lipinski definition) is 2. The fourth-order valence-corrected chi connectivity index (χ4v) is 3.16. The molecule has 2 aromatic carbocycles. The van der Waals surface area contributed by atoms with E-state index in [1.54, 1.807) is 47.7 Å². The van der Waals surface area contributed by atoms with E-state index in [1.807, 2.05) is 17.5 Å². The first-order chi connectivity index (χ1) is 12.6. The SMILES string of the molecule is O=C(COc1ccc(Cl)cc1)NCCc1nc(-c2ccc(O)cc2)cs1. The van der Waals surface area contributed by atoms with Crippen LogP contribution in [-0.4, -0.2) is 29.1 Å². The maximum atomic E-state index is 11.8. The highest BCUT2D eigenvalue weighted by molar-refractivity contribution is 7.09. The molecule has 5 nitrogen and oxygen atoms in total. The van der Waals surface area contributed by atoms with E-state index < -0.39 is 0 Å². The number of benzene rings is 2. The second-order valence-corrected chi connectivity index (χ2v) is 6.89. The van der Waals surface area contributed by atoms with Crippen LogP contribution in [0.15, 0.2) is 53.9 Å². The molecule has 3 rings (SSSR count). The molecule has 0 aliphatic rings. The van der Waals surface area contributed by atoms with Gasteiger partial charge in [0.05, 0.1) is 10.7 Å². The number of thiazole rings is 1. The van der Waals surface area contributed by atoms with Gasteiger partial charge >= 0.3 is 0 Å². The zero-order valence-electron chi connectivity index (χ0n) is 13.8. The predicted octanol–water partition coefficient (Wildman–Crippen LogP) is 3.91. The van der Waals surface area contributed by atoms with Gasteiger partial charge in [0.1, 0.15) is 11.5 Å². The standard InChI is InChI=1S/C19H17ClN2O3S/c20-14-3-7-16(8-4-14)25-11-18(24)21-10-9-19-22-17(12-26-19)13-1-5-15(23)6-2-13/h1-8,12,23H,9-11H2,(H,21,24). The van der Waals surface area contributed by atoms with Gasteiger partial charge in [0.25, 0.3) is 5.91 Å². The number of nitrogens with one attached hydrogen (secondary N) is 1. The Morgan fingerprint density at radius 3 is 2.62 bits per heavy atom. The van der Waals surface area contributed by atoms with E-state index in [4.69, 9.17) is 16.3 Å². The summed E-state index contributed by atoms with van der Waals surface area (Å²) in [4.78, 5) is 16.4. The van der Waals surface area contributed by atoms with Crippen molar-refractivity contribution in [3.8, 4) is 22.8 Å². The molecule has 0 spiro atoms. The van der Waals surface area contributed by atoms with Gasteiger partial charge in [0, 0.05) is 28.9 Å². The maximum absolute atomic E-state index is 11.8. The molecule has 3 aromatic rings. The van der Waals surface area contributed by atoms with Crippen molar-refractivity contribution in [2.75, 3.05) is 13.2 Å². The van der Waals surface area contributed by atoms with Gasteiger partial charge in [-0.15, -0.1) is 11.3 Å². The van der Waals surface area contributed by atoms with Crippen molar-refractivity contribution in [3.05, 3.63) is 63.9 Å². The Morgan fingerprint density at radius 1 is 1.15 bits per heavy atom.